The molecule has 1 aromatic heterocycles. The molecule has 0 saturated carbocycles. The van der Waals surface area contributed by atoms with Crippen molar-refractivity contribution in [2.75, 3.05) is 7.11 Å². The Labute approximate surface area is 112 Å². The van der Waals surface area contributed by atoms with Crippen LogP contribution in [0.2, 0.25) is 0 Å². The Morgan fingerprint density at radius 3 is 2.58 bits per heavy atom. The number of hydrogen-bond acceptors (Lipinski definition) is 4. The highest BCUT2D eigenvalue weighted by molar-refractivity contribution is 5.75. The van der Waals surface area contributed by atoms with Crippen LogP contribution >= 0.6 is 0 Å². The first kappa shape index (κ1) is 13.2. The van der Waals surface area contributed by atoms with E-state index in [2.05, 4.69) is 9.72 Å². The van der Waals surface area contributed by atoms with Crippen LogP contribution in [0.3, 0.4) is 0 Å². The SMILES string of the molecule is COC(=O)[C@@H](N)Cc1ccc(-c2cccnc2)cc1. The van der Waals surface area contributed by atoms with Crippen LogP contribution < -0.4 is 5.73 Å². The van der Waals surface area contributed by atoms with Gasteiger partial charge in [0.1, 0.15) is 6.04 Å². The van der Waals surface area contributed by atoms with Gasteiger partial charge in [-0.3, -0.25) is 9.78 Å². The average Bonchev–Trinajstić information content (AvgIpc) is 2.48. The van der Waals surface area contributed by atoms with Gasteiger partial charge in [-0.1, -0.05) is 30.3 Å². The number of methoxy groups -OCH3 is 1. The Hall–Kier alpha value is -2.20. The summed E-state index contributed by atoms with van der Waals surface area (Å²) < 4.78 is 4.61. The van der Waals surface area contributed by atoms with Gasteiger partial charge in [-0.15, -0.1) is 0 Å². The van der Waals surface area contributed by atoms with E-state index >= 15 is 0 Å². The van der Waals surface area contributed by atoms with Crippen molar-refractivity contribution in [3.8, 4) is 11.1 Å². The highest BCUT2D eigenvalue weighted by Crippen LogP contribution is 2.18. The molecule has 0 bridgehead atoms. The van der Waals surface area contributed by atoms with E-state index in [1.54, 1.807) is 6.20 Å². The summed E-state index contributed by atoms with van der Waals surface area (Å²) in [4.78, 5) is 15.3. The van der Waals surface area contributed by atoms with Gasteiger partial charge in [0, 0.05) is 12.4 Å². The molecule has 2 aromatic rings. The molecule has 0 fully saturated rings. The summed E-state index contributed by atoms with van der Waals surface area (Å²) in [7, 11) is 1.34. The Kier molecular flexibility index (Phi) is 4.26. The number of nitrogens with zero attached hydrogens (tertiary/aromatic N) is 1. The molecule has 1 heterocycles. The maximum Gasteiger partial charge on any atom is 0.322 e. The van der Waals surface area contributed by atoms with Gasteiger partial charge in [0.05, 0.1) is 7.11 Å². The highest BCUT2D eigenvalue weighted by Gasteiger charge is 2.13. The number of esters is 1. The minimum Gasteiger partial charge on any atom is -0.468 e. The van der Waals surface area contributed by atoms with Crippen molar-refractivity contribution in [3.63, 3.8) is 0 Å². The monoisotopic (exact) mass is 256 g/mol. The first-order chi connectivity index (χ1) is 9.20. The summed E-state index contributed by atoms with van der Waals surface area (Å²) in [5, 5.41) is 0. The summed E-state index contributed by atoms with van der Waals surface area (Å²) in [5.74, 6) is -0.392. The van der Waals surface area contributed by atoms with Crippen LogP contribution in [0, 0.1) is 0 Å². The number of benzene rings is 1. The third-order valence-corrected chi connectivity index (χ3v) is 2.91. The van der Waals surface area contributed by atoms with Crippen LogP contribution in [0.25, 0.3) is 11.1 Å². The molecule has 1 atom stereocenters. The molecule has 0 aliphatic heterocycles. The van der Waals surface area contributed by atoms with Crippen molar-refractivity contribution in [2.45, 2.75) is 12.5 Å². The van der Waals surface area contributed by atoms with Gasteiger partial charge in [-0.05, 0) is 29.2 Å². The number of nitrogens with two attached hydrogens (primary N) is 1. The van der Waals surface area contributed by atoms with Crippen LogP contribution in [0.15, 0.2) is 48.8 Å². The molecular weight excluding hydrogens is 240 g/mol. The van der Waals surface area contributed by atoms with Gasteiger partial charge < -0.3 is 10.5 Å². The molecule has 0 radical (unpaired) electrons. The molecule has 0 saturated heterocycles. The van der Waals surface area contributed by atoms with E-state index in [1.165, 1.54) is 7.11 Å². The number of carbonyl (C=O) groups is 1. The first-order valence-corrected chi connectivity index (χ1v) is 6.03. The smallest absolute Gasteiger partial charge is 0.322 e. The van der Waals surface area contributed by atoms with E-state index in [0.29, 0.717) is 6.42 Å². The average molecular weight is 256 g/mol. The molecule has 1 aromatic carbocycles. The molecule has 4 heteroatoms. The summed E-state index contributed by atoms with van der Waals surface area (Å²) in [6.07, 6.45) is 4.03. The minimum atomic E-state index is -0.616. The topological polar surface area (TPSA) is 65.2 Å². The third kappa shape index (κ3) is 3.39. The van der Waals surface area contributed by atoms with Crippen LogP contribution in [0.5, 0.6) is 0 Å². The lowest BCUT2D eigenvalue weighted by Gasteiger charge is -2.09. The van der Waals surface area contributed by atoms with Gasteiger partial charge in [-0.2, -0.15) is 0 Å². The maximum absolute atomic E-state index is 11.2. The molecule has 4 nitrogen and oxygen atoms in total. The first-order valence-electron chi connectivity index (χ1n) is 6.03. The van der Waals surface area contributed by atoms with Crippen molar-refractivity contribution in [2.24, 2.45) is 5.73 Å². The van der Waals surface area contributed by atoms with Gasteiger partial charge in [-0.25, -0.2) is 0 Å². The summed E-state index contributed by atoms with van der Waals surface area (Å²) in [5.41, 5.74) is 8.88. The molecule has 0 aliphatic rings. The van der Waals surface area contributed by atoms with E-state index in [1.807, 2.05) is 42.6 Å². The standard InChI is InChI=1S/C15H16N2O2/c1-19-15(18)14(16)9-11-4-6-12(7-5-11)13-3-2-8-17-10-13/h2-8,10,14H,9,16H2,1H3/t14-/m0/s1. The predicted octanol–water partition coefficient (Wildman–Crippen LogP) is 1.79. The van der Waals surface area contributed by atoms with Crippen LogP contribution in [0.1, 0.15) is 5.56 Å². The second-order valence-corrected chi connectivity index (χ2v) is 4.27. The number of aromatic nitrogens is 1. The summed E-state index contributed by atoms with van der Waals surface area (Å²) >= 11 is 0. The fourth-order valence-electron chi connectivity index (χ4n) is 1.86. The number of pyridine rings is 1. The zero-order valence-electron chi connectivity index (χ0n) is 10.7. The van der Waals surface area contributed by atoms with Crippen molar-refractivity contribution in [3.05, 3.63) is 54.4 Å². The van der Waals surface area contributed by atoms with E-state index in [0.717, 1.165) is 16.7 Å². The Morgan fingerprint density at radius 2 is 2.00 bits per heavy atom. The maximum atomic E-state index is 11.2. The van der Waals surface area contributed by atoms with E-state index in [4.69, 9.17) is 5.73 Å². The molecule has 0 spiro atoms. The highest BCUT2D eigenvalue weighted by atomic mass is 16.5. The minimum absolute atomic E-state index is 0.392. The second-order valence-electron chi connectivity index (χ2n) is 4.27. The van der Waals surface area contributed by atoms with Crippen LogP contribution in [0.4, 0.5) is 0 Å². The number of rotatable bonds is 4. The van der Waals surface area contributed by atoms with E-state index in [9.17, 15) is 4.79 Å². The Bertz CT molecular complexity index is 538. The summed E-state index contributed by atoms with van der Waals surface area (Å²) in [6.45, 7) is 0. The van der Waals surface area contributed by atoms with Gasteiger partial charge >= 0.3 is 5.97 Å². The second kappa shape index (κ2) is 6.11. The number of carbonyl (C=O) groups excluding carboxylic acids is 1. The lowest BCUT2D eigenvalue weighted by molar-refractivity contribution is -0.142. The van der Waals surface area contributed by atoms with Crippen molar-refractivity contribution >= 4 is 5.97 Å². The molecule has 0 unspecified atom stereocenters. The lowest BCUT2D eigenvalue weighted by atomic mass is 10.0. The molecule has 0 amide bonds. The normalized spacial score (nSPS) is 11.9. The fraction of sp³-hybridized carbons (Fsp3) is 0.200. The molecule has 2 rings (SSSR count). The van der Waals surface area contributed by atoms with Crippen LogP contribution in [-0.4, -0.2) is 24.1 Å². The molecular formula is C15H16N2O2. The van der Waals surface area contributed by atoms with Gasteiger partial charge in [0.15, 0.2) is 0 Å². The zero-order valence-corrected chi connectivity index (χ0v) is 10.7. The quantitative estimate of drug-likeness (QED) is 0.847. The summed E-state index contributed by atoms with van der Waals surface area (Å²) in [6, 6.07) is 11.2. The molecule has 2 N–H and O–H groups in total. The van der Waals surface area contributed by atoms with Gasteiger partial charge in [0.25, 0.3) is 0 Å². The van der Waals surface area contributed by atoms with E-state index in [-0.39, 0.29) is 0 Å². The number of ether oxygens (including phenoxy) is 1. The third-order valence-electron chi connectivity index (χ3n) is 2.91. The van der Waals surface area contributed by atoms with Gasteiger partial charge in [0.2, 0.25) is 0 Å². The zero-order chi connectivity index (χ0) is 13.7. The Balaban J connectivity index is 2.09. The van der Waals surface area contributed by atoms with E-state index < -0.39 is 12.0 Å². The molecule has 98 valence electrons. The lowest BCUT2D eigenvalue weighted by Crippen LogP contribution is -2.33. The van der Waals surface area contributed by atoms with Crippen LogP contribution in [-0.2, 0) is 16.0 Å². The Morgan fingerprint density at radius 1 is 1.26 bits per heavy atom. The van der Waals surface area contributed by atoms with Crippen molar-refractivity contribution in [1.29, 1.82) is 0 Å². The van der Waals surface area contributed by atoms with Crippen molar-refractivity contribution in [1.82, 2.24) is 4.98 Å². The van der Waals surface area contributed by atoms with Crippen molar-refractivity contribution < 1.29 is 9.53 Å². The largest absolute Gasteiger partial charge is 0.468 e. The predicted molar refractivity (Wildman–Crippen MR) is 73.4 cm³/mol. The fourth-order valence-corrected chi connectivity index (χ4v) is 1.86. The number of hydrogen-bond donors (Lipinski definition) is 1. The molecule has 19 heavy (non-hydrogen) atoms. The molecule has 0 aliphatic carbocycles.